The highest BCUT2D eigenvalue weighted by atomic mass is 16.6. The van der Waals surface area contributed by atoms with Gasteiger partial charge >= 0.3 is 12.1 Å². The van der Waals surface area contributed by atoms with Crippen LogP contribution in [0.4, 0.5) is 4.79 Å². The van der Waals surface area contributed by atoms with Gasteiger partial charge in [0.1, 0.15) is 11.4 Å². The SMILES string of the molecule is COC(=O)c1ccnc(-c2ccc(OC)c(CNC(=O)OC(C)(C)C)c2)c1. The molecule has 2 rings (SSSR count). The van der Waals surface area contributed by atoms with E-state index >= 15 is 0 Å². The maximum atomic E-state index is 11.9. The lowest BCUT2D eigenvalue weighted by Gasteiger charge is -2.20. The Morgan fingerprint density at radius 2 is 1.85 bits per heavy atom. The summed E-state index contributed by atoms with van der Waals surface area (Å²) in [5.41, 5.74) is 1.98. The molecule has 0 bridgehead atoms. The molecule has 1 N–H and O–H groups in total. The molecule has 1 aromatic carbocycles. The van der Waals surface area contributed by atoms with Gasteiger partial charge in [0.25, 0.3) is 0 Å². The fraction of sp³-hybridized carbons (Fsp3) is 0.350. The van der Waals surface area contributed by atoms with Gasteiger partial charge in [0.05, 0.1) is 25.5 Å². The van der Waals surface area contributed by atoms with E-state index in [1.165, 1.54) is 7.11 Å². The van der Waals surface area contributed by atoms with Crippen LogP contribution in [0.3, 0.4) is 0 Å². The van der Waals surface area contributed by atoms with Crippen molar-refractivity contribution in [2.45, 2.75) is 32.9 Å². The van der Waals surface area contributed by atoms with Gasteiger partial charge in [-0.1, -0.05) is 0 Å². The number of alkyl carbamates (subject to hydrolysis) is 1. The number of aromatic nitrogens is 1. The molecule has 0 saturated heterocycles. The third-order valence-corrected chi connectivity index (χ3v) is 3.58. The molecule has 0 atom stereocenters. The van der Waals surface area contributed by atoms with Crippen LogP contribution in [0.25, 0.3) is 11.3 Å². The maximum absolute atomic E-state index is 11.9. The molecule has 0 aliphatic rings. The highest BCUT2D eigenvalue weighted by molar-refractivity contribution is 5.90. The molecule has 144 valence electrons. The molecule has 0 unspecified atom stereocenters. The van der Waals surface area contributed by atoms with E-state index in [1.807, 2.05) is 12.1 Å². The Balaban J connectivity index is 2.25. The highest BCUT2D eigenvalue weighted by Crippen LogP contribution is 2.26. The Morgan fingerprint density at radius 1 is 1.11 bits per heavy atom. The van der Waals surface area contributed by atoms with Gasteiger partial charge in [0, 0.05) is 23.9 Å². The van der Waals surface area contributed by atoms with E-state index in [9.17, 15) is 9.59 Å². The average Bonchev–Trinajstić information content (AvgIpc) is 2.64. The van der Waals surface area contributed by atoms with Crippen LogP contribution in [0.2, 0.25) is 0 Å². The Kier molecular flexibility index (Phi) is 6.39. The zero-order chi connectivity index (χ0) is 20.0. The molecular formula is C20H24N2O5. The lowest BCUT2D eigenvalue weighted by Crippen LogP contribution is -2.32. The number of benzene rings is 1. The molecule has 0 aliphatic heterocycles. The van der Waals surface area contributed by atoms with Crippen LogP contribution in [-0.2, 0) is 16.0 Å². The van der Waals surface area contributed by atoms with Crippen molar-refractivity contribution >= 4 is 12.1 Å². The molecule has 1 aromatic heterocycles. The van der Waals surface area contributed by atoms with E-state index in [1.54, 1.807) is 52.3 Å². The molecule has 0 saturated carbocycles. The van der Waals surface area contributed by atoms with Crippen molar-refractivity contribution in [1.29, 1.82) is 0 Å². The number of rotatable bonds is 5. The zero-order valence-corrected chi connectivity index (χ0v) is 16.2. The third-order valence-electron chi connectivity index (χ3n) is 3.58. The van der Waals surface area contributed by atoms with Gasteiger partial charge in [0.2, 0.25) is 0 Å². The predicted octanol–water partition coefficient (Wildman–Crippen LogP) is 3.57. The fourth-order valence-corrected chi connectivity index (χ4v) is 2.39. The minimum Gasteiger partial charge on any atom is -0.496 e. The summed E-state index contributed by atoms with van der Waals surface area (Å²) in [5.74, 6) is 0.193. The van der Waals surface area contributed by atoms with E-state index in [0.29, 0.717) is 17.0 Å². The second-order valence-corrected chi connectivity index (χ2v) is 6.80. The Hall–Kier alpha value is -3.09. The standard InChI is InChI=1S/C20H24N2O5/c1-20(2,3)27-19(24)22-12-15-10-13(6-7-17(15)25-4)16-11-14(8-9-21-16)18(23)26-5/h6-11H,12H2,1-5H3,(H,22,24). The van der Waals surface area contributed by atoms with Crippen molar-refractivity contribution < 1.29 is 23.8 Å². The molecule has 0 aliphatic carbocycles. The largest absolute Gasteiger partial charge is 0.496 e. The summed E-state index contributed by atoms with van der Waals surface area (Å²) in [6.07, 6.45) is 1.03. The molecule has 0 spiro atoms. The molecule has 2 aromatic rings. The number of amides is 1. The predicted molar refractivity (Wildman–Crippen MR) is 101 cm³/mol. The number of hydrogen-bond donors (Lipinski definition) is 1. The molecular weight excluding hydrogens is 348 g/mol. The van der Waals surface area contributed by atoms with E-state index in [0.717, 1.165) is 11.1 Å². The third kappa shape index (κ3) is 5.70. The zero-order valence-electron chi connectivity index (χ0n) is 16.2. The van der Waals surface area contributed by atoms with Gasteiger partial charge in [-0.15, -0.1) is 0 Å². The smallest absolute Gasteiger partial charge is 0.407 e. The second kappa shape index (κ2) is 8.53. The fourth-order valence-electron chi connectivity index (χ4n) is 2.39. The van der Waals surface area contributed by atoms with E-state index < -0.39 is 17.7 Å². The van der Waals surface area contributed by atoms with Crippen molar-refractivity contribution in [2.24, 2.45) is 0 Å². The molecule has 0 fully saturated rings. The molecule has 0 radical (unpaired) electrons. The number of esters is 1. The molecule has 7 nitrogen and oxygen atoms in total. The number of hydrogen-bond acceptors (Lipinski definition) is 6. The van der Waals surface area contributed by atoms with Crippen LogP contribution in [0.15, 0.2) is 36.5 Å². The summed E-state index contributed by atoms with van der Waals surface area (Å²) in [4.78, 5) is 27.9. The van der Waals surface area contributed by atoms with E-state index in [4.69, 9.17) is 14.2 Å². The van der Waals surface area contributed by atoms with Crippen molar-refractivity contribution in [2.75, 3.05) is 14.2 Å². The Morgan fingerprint density at radius 3 is 2.48 bits per heavy atom. The van der Waals surface area contributed by atoms with Crippen molar-refractivity contribution in [3.8, 4) is 17.0 Å². The van der Waals surface area contributed by atoms with Gasteiger partial charge in [-0.25, -0.2) is 9.59 Å². The summed E-state index contributed by atoms with van der Waals surface area (Å²) in [6.45, 7) is 5.62. The van der Waals surface area contributed by atoms with Crippen LogP contribution < -0.4 is 10.1 Å². The topological polar surface area (TPSA) is 86.8 Å². The monoisotopic (exact) mass is 372 g/mol. The van der Waals surface area contributed by atoms with Crippen LogP contribution in [0.5, 0.6) is 5.75 Å². The highest BCUT2D eigenvalue weighted by Gasteiger charge is 2.17. The number of methoxy groups -OCH3 is 2. The van der Waals surface area contributed by atoms with Crippen LogP contribution >= 0.6 is 0 Å². The summed E-state index contributed by atoms with van der Waals surface area (Å²) in [5, 5.41) is 2.71. The first-order valence-corrected chi connectivity index (χ1v) is 8.42. The molecule has 27 heavy (non-hydrogen) atoms. The van der Waals surface area contributed by atoms with Gasteiger partial charge in [-0.2, -0.15) is 0 Å². The molecule has 1 heterocycles. The summed E-state index contributed by atoms with van der Waals surface area (Å²) < 4.78 is 15.4. The minimum absolute atomic E-state index is 0.225. The summed E-state index contributed by atoms with van der Waals surface area (Å²) in [6, 6.07) is 8.70. The van der Waals surface area contributed by atoms with Crippen molar-refractivity contribution in [3.63, 3.8) is 0 Å². The van der Waals surface area contributed by atoms with Crippen LogP contribution in [-0.4, -0.2) is 36.9 Å². The number of pyridine rings is 1. The van der Waals surface area contributed by atoms with E-state index in [-0.39, 0.29) is 6.54 Å². The lowest BCUT2D eigenvalue weighted by atomic mass is 10.0. The Labute approximate surface area is 158 Å². The number of nitrogens with zero attached hydrogens (tertiary/aromatic N) is 1. The van der Waals surface area contributed by atoms with Gasteiger partial charge in [-0.05, 0) is 51.1 Å². The lowest BCUT2D eigenvalue weighted by molar-refractivity contribution is 0.0522. The van der Waals surface area contributed by atoms with Gasteiger partial charge < -0.3 is 19.5 Å². The normalized spacial score (nSPS) is 10.9. The second-order valence-electron chi connectivity index (χ2n) is 6.80. The summed E-state index contributed by atoms with van der Waals surface area (Å²) in [7, 11) is 2.89. The van der Waals surface area contributed by atoms with E-state index in [2.05, 4.69) is 10.3 Å². The number of ether oxygens (including phenoxy) is 3. The van der Waals surface area contributed by atoms with Crippen LogP contribution in [0, 0.1) is 0 Å². The summed E-state index contributed by atoms with van der Waals surface area (Å²) >= 11 is 0. The number of nitrogens with one attached hydrogen (secondary N) is 1. The van der Waals surface area contributed by atoms with Gasteiger partial charge in [-0.3, -0.25) is 4.98 Å². The first kappa shape index (κ1) is 20.2. The molecule has 7 heteroatoms. The minimum atomic E-state index is -0.575. The number of carbonyl (C=O) groups excluding carboxylic acids is 2. The van der Waals surface area contributed by atoms with Crippen LogP contribution in [0.1, 0.15) is 36.7 Å². The average molecular weight is 372 g/mol. The first-order valence-electron chi connectivity index (χ1n) is 8.42. The number of carbonyl (C=O) groups is 2. The molecule has 1 amide bonds. The Bertz CT molecular complexity index is 827. The van der Waals surface area contributed by atoms with Gasteiger partial charge in [0.15, 0.2) is 0 Å². The van der Waals surface area contributed by atoms with Crippen molar-refractivity contribution in [3.05, 3.63) is 47.7 Å². The van der Waals surface area contributed by atoms with Crippen molar-refractivity contribution in [1.82, 2.24) is 10.3 Å². The first-order chi connectivity index (χ1) is 12.7. The maximum Gasteiger partial charge on any atom is 0.407 e. The quantitative estimate of drug-likeness (QED) is 0.808.